The number of hydrogen-bond acceptors (Lipinski definition) is 6. The molecule has 0 bridgehead atoms. The van der Waals surface area contributed by atoms with Crippen molar-refractivity contribution in [3.63, 3.8) is 0 Å². The van der Waals surface area contributed by atoms with E-state index in [-0.39, 0.29) is 6.42 Å². The van der Waals surface area contributed by atoms with Crippen LogP contribution in [0.1, 0.15) is 122 Å². The Labute approximate surface area is 225 Å². The summed E-state index contributed by atoms with van der Waals surface area (Å²) >= 11 is 0. The van der Waals surface area contributed by atoms with Crippen molar-refractivity contribution in [1.29, 1.82) is 0 Å². The monoisotopic (exact) mass is 566 g/mol. The average molecular weight is 567 g/mol. The van der Waals surface area contributed by atoms with Crippen molar-refractivity contribution in [1.82, 2.24) is 0 Å². The second kappa shape index (κ2) is 18.9. The number of aliphatic carboxylic acids is 4. The van der Waals surface area contributed by atoms with Crippen LogP contribution in [0.2, 0.25) is 0 Å². The van der Waals surface area contributed by atoms with Crippen LogP contribution in [0.15, 0.2) is 0 Å². The fourth-order valence-corrected chi connectivity index (χ4v) is 6.17. The molecule has 0 aliphatic rings. The quantitative estimate of drug-likeness (QED) is 0.0715. The highest BCUT2D eigenvalue weighted by Gasteiger charge is 2.63. The van der Waals surface area contributed by atoms with Crippen LogP contribution < -0.4 is 0 Å². The van der Waals surface area contributed by atoms with Gasteiger partial charge in [-0.15, -0.1) is 0 Å². The molecule has 0 rings (SSSR count). The molecule has 0 fully saturated rings. The van der Waals surface area contributed by atoms with Gasteiger partial charge >= 0.3 is 23.9 Å². The van der Waals surface area contributed by atoms with Crippen molar-refractivity contribution >= 4 is 34.0 Å². The molecule has 0 aromatic heterocycles. The van der Waals surface area contributed by atoms with Gasteiger partial charge < -0.3 is 20.4 Å². The molecule has 11 nitrogen and oxygen atoms in total. The van der Waals surface area contributed by atoms with Gasteiger partial charge in [-0.1, -0.05) is 110 Å². The molecule has 0 aliphatic heterocycles. The summed E-state index contributed by atoms with van der Waals surface area (Å²) in [5.74, 6) is -13.2. The fourth-order valence-electron chi connectivity index (χ4n) is 4.96. The van der Waals surface area contributed by atoms with Gasteiger partial charge in [-0.25, -0.2) is 0 Å². The summed E-state index contributed by atoms with van der Waals surface area (Å²) in [5, 5.41) is 37.7. The Bertz CT molecular complexity index is 840. The first kappa shape index (κ1) is 35.8. The molecule has 0 aliphatic carbocycles. The third kappa shape index (κ3) is 12.6. The molecule has 0 heterocycles. The van der Waals surface area contributed by atoms with Crippen molar-refractivity contribution in [2.45, 2.75) is 127 Å². The maximum absolute atomic E-state index is 12.2. The minimum Gasteiger partial charge on any atom is -0.481 e. The van der Waals surface area contributed by atoms with Crippen LogP contribution in [-0.4, -0.2) is 62.0 Å². The topological polar surface area (TPSA) is 204 Å². The van der Waals surface area contributed by atoms with Gasteiger partial charge in [0.15, 0.2) is 0 Å². The Morgan fingerprint density at radius 2 is 1.00 bits per heavy atom. The van der Waals surface area contributed by atoms with E-state index in [4.69, 9.17) is 5.11 Å². The highest BCUT2D eigenvalue weighted by molar-refractivity contribution is 7.88. The Kier molecular flexibility index (Phi) is 17.8. The predicted octanol–water partition coefficient (Wildman–Crippen LogP) is 5.23. The van der Waals surface area contributed by atoms with E-state index in [2.05, 4.69) is 6.92 Å². The standard InChI is InChI=1S/C26H46O11S/c1-2-3-4-5-6-7-8-9-10-11-12-13-14-15-16-17-18-26(25(33)34,38(35,36)37)22(24(31)32)20(23(29)30)19-21(27)28/h20,22H,2-19H2,1H3,(H,27,28)(H,29,30)(H,31,32)(H,33,34)(H,35,36,37). The van der Waals surface area contributed by atoms with Crippen LogP contribution in [-0.2, 0) is 29.3 Å². The molecule has 12 heteroatoms. The second-order valence-corrected chi connectivity index (χ2v) is 11.8. The molecule has 0 saturated carbocycles. The third-order valence-corrected chi connectivity index (χ3v) is 8.66. The molecule has 0 spiro atoms. The van der Waals surface area contributed by atoms with Gasteiger partial charge in [0.2, 0.25) is 4.75 Å². The van der Waals surface area contributed by atoms with Crippen LogP contribution >= 0.6 is 0 Å². The first-order valence-corrected chi connectivity index (χ1v) is 15.1. The molecular formula is C26H46O11S. The van der Waals surface area contributed by atoms with E-state index in [1.807, 2.05) is 0 Å². The zero-order chi connectivity index (χ0) is 29.2. The summed E-state index contributed by atoms with van der Waals surface area (Å²) in [6.45, 7) is 2.20. The first-order valence-electron chi connectivity index (χ1n) is 13.7. The van der Waals surface area contributed by atoms with Crippen molar-refractivity contribution in [2.24, 2.45) is 11.8 Å². The zero-order valence-electron chi connectivity index (χ0n) is 22.5. The maximum atomic E-state index is 12.2. The summed E-state index contributed by atoms with van der Waals surface area (Å²) in [5.41, 5.74) is 0. The number of carboxylic acids is 4. The van der Waals surface area contributed by atoms with Gasteiger partial charge in [-0.2, -0.15) is 8.42 Å². The molecule has 38 heavy (non-hydrogen) atoms. The van der Waals surface area contributed by atoms with Gasteiger partial charge in [0.25, 0.3) is 10.1 Å². The van der Waals surface area contributed by atoms with Crippen LogP contribution in [0.3, 0.4) is 0 Å². The van der Waals surface area contributed by atoms with E-state index in [0.717, 1.165) is 25.7 Å². The Hall–Kier alpha value is -2.21. The van der Waals surface area contributed by atoms with E-state index in [1.54, 1.807) is 0 Å². The van der Waals surface area contributed by atoms with Crippen molar-refractivity contribution < 1.29 is 52.6 Å². The Morgan fingerprint density at radius 1 is 0.632 bits per heavy atom. The van der Waals surface area contributed by atoms with E-state index < -0.39 is 63.4 Å². The van der Waals surface area contributed by atoms with Crippen LogP contribution in [0.25, 0.3) is 0 Å². The number of hydrogen-bond donors (Lipinski definition) is 5. The van der Waals surface area contributed by atoms with Gasteiger partial charge in [0.1, 0.15) is 5.92 Å². The lowest BCUT2D eigenvalue weighted by molar-refractivity contribution is -0.163. The van der Waals surface area contributed by atoms with Crippen LogP contribution in [0.5, 0.6) is 0 Å². The number of rotatable bonds is 25. The third-order valence-electron chi connectivity index (χ3n) is 7.11. The second-order valence-electron chi connectivity index (χ2n) is 10.1. The van der Waals surface area contributed by atoms with Crippen molar-refractivity contribution in [3.8, 4) is 0 Å². The zero-order valence-corrected chi connectivity index (χ0v) is 23.3. The first-order chi connectivity index (χ1) is 17.8. The van der Waals surface area contributed by atoms with E-state index in [0.29, 0.717) is 12.8 Å². The van der Waals surface area contributed by atoms with Crippen molar-refractivity contribution in [3.05, 3.63) is 0 Å². The van der Waals surface area contributed by atoms with Crippen LogP contribution in [0.4, 0.5) is 0 Å². The molecular weight excluding hydrogens is 520 g/mol. The number of carbonyl (C=O) groups is 4. The summed E-state index contributed by atoms with van der Waals surface area (Å²) < 4.78 is 30.8. The fraction of sp³-hybridized carbons (Fsp3) is 0.846. The average Bonchev–Trinajstić information content (AvgIpc) is 2.80. The van der Waals surface area contributed by atoms with Gasteiger partial charge in [-0.05, 0) is 6.42 Å². The number of unbranched alkanes of at least 4 members (excludes halogenated alkanes) is 15. The largest absolute Gasteiger partial charge is 0.481 e. The highest BCUT2D eigenvalue weighted by atomic mass is 32.2. The lowest BCUT2D eigenvalue weighted by Crippen LogP contribution is -2.58. The minimum absolute atomic E-state index is 0.104. The summed E-state index contributed by atoms with van der Waals surface area (Å²) in [6.07, 6.45) is 14.0. The lowest BCUT2D eigenvalue weighted by Gasteiger charge is -2.34. The predicted molar refractivity (Wildman–Crippen MR) is 141 cm³/mol. The van der Waals surface area contributed by atoms with Gasteiger partial charge in [0.05, 0.1) is 12.3 Å². The molecule has 0 aromatic rings. The Morgan fingerprint density at radius 3 is 1.26 bits per heavy atom. The normalized spacial score (nSPS) is 14.9. The van der Waals surface area contributed by atoms with Gasteiger partial charge in [-0.3, -0.25) is 23.7 Å². The van der Waals surface area contributed by atoms with E-state index in [1.165, 1.54) is 57.8 Å². The summed E-state index contributed by atoms with van der Waals surface area (Å²) in [4.78, 5) is 46.7. The Balaban J connectivity index is 4.78. The summed E-state index contributed by atoms with van der Waals surface area (Å²) in [7, 11) is -5.64. The number of carboxylic acid groups (broad SMARTS) is 4. The smallest absolute Gasteiger partial charge is 0.328 e. The molecule has 0 saturated heterocycles. The highest BCUT2D eigenvalue weighted by Crippen LogP contribution is 2.39. The minimum atomic E-state index is -5.64. The molecule has 3 atom stereocenters. The molecule has 0 amide bonds. The maximum Gasteiger partial charge on any atom is 0.328 e. The van der Waals surface area contributed by atoms with Crippen molar-refractivity contribution in [2.75, 3.05) is 0 Å². The van der Waals surface area contributed by atoms with E-state index in [9.17, 15) is 47.5 Å². The SMILES string of the molecule is CCCCCCCCCCCCCCCCCCC(C(=O)O)(C(C(=O)O)C(CC(=O)O)C(=O)O)S(=O)(=O)O. The van der Waals surface area contributed by atoms with E-state index >= 15 is 0 Å². The molecule has 5 N–H and O–H groups in total. The molecule has 222 valence electrons. The van der Waals surface area contributed by atoms with Crippen LogP contribution in [0, 0.1) is 11.8 Å². The van der Waals surface area contributed by atoms with Gasteiger partial charge in [0, 0.05) is 0 Å². The molecule has 0 radical (unpaired) electrons. The lowest BCUT2D eigenvalue weighted by atomic mass is 9.76. The molecule has 3 unspecified atom stereocenters. The summed E-state index contributed by atoms with van der Waals surface area (Å²) in [6, 6.07) is 0. The molecule has 0 aromatic carbocycles.